The molecule has 0 rings (SSSR count). The minimum absolute atomic E-state index is 0.256. The molecular weight excluding hydrogens is 198 g/mol. The summed E-state index contributed by atoms with van der Waals surface area (Å²) in [5.41, 5.74) is 0. The molecule has 14 heavy (non-hydrogen) atoms. The van der Waals surface area contributed by atoms with Gasteiger partial charge >= 0.3 is 0 Å². The molecule has 0 aromatic rings. The van der Waals surface area contributed by atoms with Crippen molar-refractivity contribution >= 4 is 10.0 Å². The topological polar surface area (TPSA) is 37.4 Å². The number of sulfonamides is 1. The molecule has 0 aliphatic carbocycles. The highest BCUT2D eigenvalue weighted by Gasteiger charge is 2.20. The second kappa shape index (κ2) is 6.40. The molecule has 0 fully saturated rings. The maximum Gasteiger partial charge on any atom is 0.214 e. The predicted octanol–water partition coefficient (Wildman–Crippen LogP) is 1.91. The lowest BCUT2D eigenvalue weighted by atomic mass is 10.2. The SMILES string of the molecule is [CH2]CN(CC(C)C)S(=O)(=O)CCCC. The summed E-state index contributed by atoms with van der Waals surface area (Å²) in [6.45, 7) is 10.6. The van der Waals surface area contributed by atoms with E-state index in [9.17, 15) is 8.42 Å². The van der Waals surface area contributed by atoms with Crippen LogP contribution in [0.25, 0.3) is 0 Å². The van der Waals surface area contributed by atoms with Gasteiger partial charge in [-0.2, -0.15) is 0 Å². The van der Waals surface area contributed by atoms with Crippen molar-refractivity contribution in [2.45, 2.75) is 33.6 Å². The lowest BCUT2D eigenvalue weighted by Gasteiger charge is -2.22. The molecule has 0 atom stereocenters. The molecule has 0 heterocycles. The van der Waals surface area contributed by atoms with Gasteiger partial charge in [0, 0.05) is 13.1 Å². The molecule has 85 valence electrons. The maximum atomic E-state index is 11.7. The molecule has 0 spiro atoms. The first kappa shape index (κ1) is 13.9. The summed E-state index contributed by atoms with van der Waals surface area (Å²) in [6.07, 6.45) is 1.64. The van der Waals surface area contributed by atoms with Crippen molar-refractivity contribution in [3.05, 3.63) is 6.92 Å². The van der Waals surface area contributed by atoms with Gasteiger partial charge in [-0.05, 0) is 19.3 Å². The molecule has 0 unspecified atom stereocenters. The highest BCUT2D eigenvalue weighted by molar-refractivity contribution is 7.89. The van der Waals surface area contributed by atoms with Crippen LogP contribution in [0.2, 0.25) is 0 Å². The molecule has 4 heteroatoms. The number of nitrogens with zero attached hydrogens (tertiary/aromatic N) is 1. The Morgan fingerprint density at radius 1 is 1.36 bits per heavy atom. The Morgan fingerprint density at radius 2 is 1.93 bits per heavy atom. The third-order valence-electron chi connectivity index (χ3n) is 1.97. The highest BCUT2D eigenvalue weighted by atomic mass is 32.2. The van der Waals surface area contributed by atoms with Crippen molar-refractivity contribution in [3.8, 4) is 0 Å². The van der Waals surface area contributed by atoms with E-state index in [1.165, 1.54) is 4.31 Å². The van der Waals surface area contributed by atoms with Gasteiger partial charge in [0.15, 0.2) is 0 Å². The van der Waals surface area contributed by atoms with Gasteiger partial charge < -0.3 is 0 Å². The van der Waals surface area contributed by atoms with Crippen LogP contribution in [-0.4, -0.2) is 31.6 Å². The van der Waals surface area contributed by atoms with Crippen molar-refractivity contribution in [2.75, 3.05) is 18.8 Å². The van der Waals surface area contributed by atoms with E-state index in [-0.39, 0.29) is 5.75 Å². The average molecular weight is 220 g/mol. The number of unbranched alkanes of at least 4 members (excludes halogenated alkanes) is 1. The minimum atomic E-state index is -3.06. The summed E-state index contributed by atoms with van der Waals surface area (Å²) in [4.78, 5) is 0. The van der Waals surface area contributed by atoms with Crippen LogP contribution in [0.15, 0.2) is 0 Å². The molecular formula is C10H22NO2S. The van der Waals surface area contributed by atoms with Gasteiger partial charge in [0.2, 0.25) is 10.0 Å². The lowest BCUT2D eigenvalue weighted by Crippen LogP contribution is -2.35. The molecule has 0 saturated heterocycles. The Balaban J connectivity index is 4.34. The Hall–Kier alpha value is -0.0900. The zero-order valence-corrected chi connectivity index (χ0v) is 10.3. The molecule has 0 bridgehead atoms. The fourth-order valence-corrected chi connectivity index (χ4v) is 2.92. The zero-order chi connectivity index (χ0) is 11.2. The second-order valence-electron chi connectivity index (χ2n) is 3.92. The largest absolute Gasteiger partial charge is 0.214 e. The summed E-state index contributed by atoms with van der Waals surface area (Å²) < 4.78 is 25.0. The molecule has 0 saturated carbocycles. The molecule has 0 aliphatic heterocycles. The molecule has 0 aromatic heterocycles. The number of hydrogen-bond donors (Lipinski definition) is 0. The normalized spacial score (nSPS) is 12.7. The van der Waals surface area contributed by atoms with E-state index in [0.717, 1.165) is 12.8 Å². The zero-order valence-electron chi connectivity index (χ0n) is 9.49. The predicted molar refractivity (Wildman–Crippen MR) is 60.5 cm³/mol. The van der Waals surface area contributed by atoms with Crippen molar-refractivity contribution in [2.24, 2.45) is 5.92 Å². The molecule has 0 N–H and O–H groups in total. The fourth-order valence-electron chi connectivity index (χ4n) is 1.21. The first-order chi connectivity index (χ1) is 6.44. The van der Waals surface area contributed by atoms with Crippen molar-refractivity contribution in [1.29, 1.82) is 0 Å². The van der Waals surface area contributed by atoms with Gasteiger partial charge in [-0.3, -0.25) is 0 Å². The smallest absolute Gasteiger partial charge is 0.212 e. The molecule has 3 nitrogen and oxygen atoms in total. The van der Waals surface area contributed by atoms with Crippen molar-refractivity contribution in [1.82, 2.24) is 4.31 Å². The van der Waals surface area contributed by atoms with Crippen LogP contribution in [0, 0.1) is 12.8 Å². The second-order valence-corrected chi connectivity index (χ2v) is 6.01. The van der Waals surface area contributed by atoms with Gasteiger partial charge in [0.05, 0.1) is 5.75 Å². The lowest BCUT2D eigenvalue weighted by molar-refractivity contribution is 0.391. The molecule has 0 aliphatic rings. The molecule has 0 aromatic carbocycles. The Morgan fingerprint density at radius 3 is 2.29 bits per heavy atom. The standard InChI is InChI=1S/C10H22NO2S/c1-5-7-8-14(12,13)11(6-2)9-10(3)4/h10H,2,5-9H2,1,3-4H3. The van der Waals surface area contributed by atoms with Gasteiger partial charge in [0.1, 0.15) is 0 Å². The number of hydrogen-bond acceptors (Lipinski definition) is 2. The van der Waals surface area contributed by atoms with Gasteiger partial charge in [0.25, 0.3) is 0 Å². The fraction of sp³-hybridized carbons (Fsp3) is 0.900. The van der Waals surface area contributed by atoms with E-state index in [0.29, 0.717) is 19.0 Å². The molecule has 1 radical (unpaired) electrons. The van der Waals surface area contributed by atoms with Crippen LogP contribution >= 0.6 is 0 Å². The number of rotatable bonds is 7. The Labute approximate surface area is 88.5 Å². The van der Waals surface area contributed by atoms with Crippen LogP contribution in [-0.2, 0) is 10.0 Å². The third kappa shape index (κ3) is 4.96. The highest BCUT2D eigenvalue weighted by Crippen LogP contribution is 2.07. The maximum absolute atomic E-state index is 11.7. The summed E-state index contributed by atoms with van der Waals surface area (Å²) >= 11 is 0. The minimum Gasteiger partial charge on any atom is -0.212 e. The molecule has 0 amide bonds. The van der Waals surface area contributed by atoms with Gasteiger partial charge in [-0.1, -0.05) is 27.2 Å². The van der Waals surface area contributed by atoms with E-state index >= 15 is 0 Å². The van der Waals surface area contributed by atoms with Crippen LogP contribution < -0.4 is 0 Å². The van der Waals surface area contributed by atoms with E-state index in [1.807, 2.05) is 20.8 Å². The Kier molecular flexibility index (Phi) is 6.36. The van der Waals surface area contributed by atoms with Gasteiger partial charge in [-0.15, -0.1) is 0 Å². The van der Waals surface area contributed by atoms with Gasteiger partial charge in [-0.25, -0.2) is 12.7 Å². The van der Waals surface area contributed by atoms with Crippen LogP contribution in [0.5, 0.6) is 0 Å². The first-order valence-electron chi connectivity index (χ1n) is 5.21. The average Bonchev–Trinajstić information content (AvgIpc) is 2.10. The quantitative estimate of drug-likeness (QED) is 0.657. The monoisotopic (exact) mass is 220 g/mol. The van der Waals surface area contributed by atoms with Crippen molar-refractivity contribution in [3.63, 3.8) is 0 Å². The van der Waals surface area contributed by atoms with Crippen molar-refractivity contribution < 1.29 is 8.42 Å². The Bertz CT molecular complexity index is 235. The van der Waals surface area contributed by atoms with E-state index in [2.05, 4.69) is 6.92 Å². The summed E-state index contributed by atoms with van der Waals surface area (Å²) in [6, 6.07) is 0. The first-order valence-corrected chi connectivity index (χ1v) is 6.82. The van der Waals surface area contributed by atoms with Crippen LogP contribution in [0.4, 0.5) is 0 Å². The van der Waals surface area contributed by atoms with Crippen LogP contribution in [0.3, 0.4) is 0 Å². The summed E-state index contributed by atoms with van der Waals surface area (Å²) in [5, 5.41) is 0. The van der Waals surface area contributed by atoms with E-state index in [4.69, 9.17) is 0 Å². The summed E-state index contributed by atoms with van der Waals surface area (Å²) in [5.74, 6) is 0.610. The van der Waals surface area contributed by atoms with Crippen LogP contribution in [0.1, 0.15) is 33.6 Å². The van der Waals surface area contributed by atoms with E-state index in [1.54, 1.807) is 0 Å². The summed E-state index contributed by atoms with van der Waals surface area (Å²) in [7, 11) is -3.06. The third-order valence-corrected chi connectivity index (χ3v) is 3.89. The van der Waals surface area contributed by atoms with E-state index < -0.39 is 10.0 Å².